The van der Waals surface area contributed by atoms with Crippen molar-refractivity contribution in [3.05, 3.63) is 66.7 Å². The average Bonchev–Trinajstić information content (AvgIpc) is 2.70. The monoisotopic (exact) mass is 511 g/mol. The fourth-order valence-electron chi connectivity index (χ4n) is 3.26. The van der Waals surface area contributed by atoms with E-state index in [4.69, 9.17) is 0 Å². The summed E-state index contributed by atoms with van der Waals surface area (Å²) in [4.78, 5) is -1.61. The molecule has 0 saturated heterocycles. The third-order valence-electron chi connectivity index (χ3n) is 4.56. The van der Waals surface area contributed by atoms with Gasteiger partial charge in [0, 0.05) is 10.8 Å². The van der Waals surface area contributed by atoms with E-state index in [1.807, 2.05) is 0 Å². The smallest absolute Gasteiger partial charge is 0.871 e. The Labute approximate surface area is 193 Å². The Bertz CT molecular complexity index is 1600. The van der Waals surface area contributed by atoms with Crippen molar-refractivity contribution in [3.8, 4) is 5.75 Å². The van der Waals surface area contributed by atoms with Crippen LogP contribution in [0.5, 0.6) is 5.75 Å². The largest absolute Gasteiger partial charge is 2.00 e. The van der Waals surface area contributed by atoms with Crippen LogP contribution >= 0.6 is 0 Å². The summed E-state index contributed by atoms with van der Waals surface area (Å²) in [6, 6.07) is 15.7. The first kappa shape index (κ1) is 23.8. The topological polar surface area (TPSA) is 159 Å². The fraction of sp³-hybridized carbons (Fsp3) is 0. The quantitative estimate of drug-likeness (QED) is 0.249. The maximum absolute atomic E-state index is 12.3. The molecule has 1 radical (unpaired) electrons. The van der Waals surface area contributed by atoms with E-state index in [9.17, 15) is 31.0 Å². The molecule has 0 bridgehead atoms. The summed E-state index contributed by atoms with van der Waals surface area (Å²) in [5, 5.41) is 21.0. The maximum Gasteiger partial charge on any atom is 2.00 e. The molecule has 0 aliphatic rings. The molecule has 4 rings (SSSR count). The second-order valence-electron chi connectivity index (χ2n) is 6.56. The van der Waals surface area contributed by atoms with E-state index < -0.39 is 41.2 Å². The van der Waals surface area contributed by atoms with Gasteiger partial charge in [-0.05, 0) is 29.0 Å². The fourth-order valence-corrected chi connectivity index (χ4v) is 4.80. The Balaban J connectivity index is 0.00000289. The van der Waals surface area contributed by atoms with Crippen molar-refractivity contribution in [1.29, 1.82) is 0 Å². The molecular formula is C20H12MnN2O7S2. The second-order valence-corrected chi connectivity index (χ2v) is 9.30. The molecule has 0 fully saturated rings. The molecular weight excluding hydrogens is 499 g/mol. The van der Waals surface area contributed by atoms with Crippen molar-refractivity contribution in [2.75, 3.05) is 0 Å². The molecule has 4 aromatic carbocycles. The molecule has 1 N–H and O–H groups in total. The number of hydrogen-bond acceptors (Lipinski definition) is 8. The molecule has 0 unspecified atom stereocenters. The molecule has 0 amide bonds. The Morgan fingerprint density at radius 1 is 0.781 bits per heavy atom. The molecule has 12 heteroatoms. The summed E-state index contributed by atoms with van der Waals surface area (Å²) in [6.45, 7) is 0. The van der Waals surface area contributed by atoms with E-state index in [-0.39, 0.29) is 33.8 Å². The average molecular weight is 511 g/mol. The van der Waals surface area contributed by atoms with Gasteiger partial charge in [0.25, 0.3) is 10.1 Å². The van der Waals surface area contributed by atoms with Gasteiger partial charge in [-0.3, -0.25) is 4.55 Å². The minimum Gasteiger partial charge on any atom is -0.871 e. The predicted octanol–water partition coefficient (Wildman–Crippen LogP) is 3.63. The van der Waals surface area contributed by atoms with Crippen LogP contribution in [0.2, 0.25) is 0 Å². The van der Waals surface area contributed by atoms with Gasteiger partial charge in [0.2, 0.25) is 0 Å². The molecule has 0 atom stereocenters. The Hall–Kier alpha value is -2.86. The first-order chi connectivity index (χ1) is 14.6. The van der Waals surface area contributed by atoms with E-state index in [2.05, 4.69) is 10.2 Å². The molecule has 163 valence electrons. The zero-order valence-electron chi connectivity index (χ0n) is 15.8. The number of fused-ring (bicyclic) bond motifs is 2. The van der Waals surface area contributed by atoms with Crippen molar-refractivity contribution in [3.63, 3.8) is 0 Å². The predicted molar refractivity (Wildman–Crippen MR) is 109 cm³/mol. The van der Waals surface area contributed by atoms with Gasteiger partial charge in [-0.25, -0.2) is 8.42 Å². The molecule has 9 nitrogen and oxygen atoms in total. The zero-order valence-corrected chi connectivity index (χ0v) is 18.6. The van der Waals surface area contributed by atoms with Crippen molar-refractivity contribution < 1.29 is 48.1 Å². The van der Waals surface area contributed by atoms with Gasteiger partial charge in [0.15, 0.2) is 0 Å². The van der Waals surface area contributed by atoms with Gasteiger partial charge in [0.1, 0.15) is 15.0 Å². The van der Waals surface area contributed by atoms with E-state index >= 15 is 0 Å². The maximum atomic E-state index is 12.3. The van der Waals surface area contributed by atoms with E-state index in [1.54, 1.807) is 30.3 Å². The van der Waals surface area contributed by atoms with Crippen molar-refractivity contribution in [2.24, 2.45) is 10.2 Å². The standard InChI is InChI=1S/C20H14N2O7S2.Mn/c23-16-9-8-12-4-1-2-6-15(12)20(16)22-21-14-10-13-5-3-7-17(30(24,25)26)19(13)18(11-14)31(27,28)29;/h1-11,23H,(H,24,25,26)(H,27,28,29);/q;+2/p-2. The van der Waals surface area contributed by atoms with Crippen LogP contribution in [0.3, 0.4) is 0 Å². The minimum absolute atomic E-state index is 0. The molecule has 0 aliphatic heterocycles. The molecule has 0 aliphatic carbocycles. The third-order valence-corrected chi connectivity index (χ3v) is 6.32. The summed E-state index contributed by atoms with van der Waals surface area (Å²) in [5.74, 6) is -0.405. The summed E-state index contributed by atoms with van der Waals surface area (Å²) in [6.07, 6.45) is 0. The Morgan fingerprint density at radius 3 is 2.16 bits per heavy atom. The van der Waals surface area contributed by atoms with Gasteiger partial charge >= 0.3 is 17.1 Å². The van der Waals surface area contributed by atoms with Crippen LogP contribution in [0.15, 0.2) is 86.7 Å². The van der Waals surface area contributed by atoms with Gasteiger partial charge in [0.05, 0.1) is 16.3 Å². The number of rotatable bonds is 4. The summed E-state index contributed by atoms with van der Waals surface area (Å²) < 4.78 is 68.2. The Morgan fingerprint density at radius 2 is 1.47 bits per heavy atom. The Kier molecular flexibility index (Phi) is 6.38. The number of nitrogens with zero attached hydrogens (tertiary/aromatic N) is 2. The van der Waals surface area contributed by atoms with E-state index in [0.717, 1.165) is 17.5 Å². The molecule has 0 heterocycles. The number of hydrogen-bond donors (Lipinski definition) is 1. The van der Waals surface area contributed by atoms with Gasteiger partial charge < -0.3 is 9.66 Å². The summed E-state index contributed by atoms with van der Waals surface area (Å²) in [7, 11) is -9.96. The van der Waals surface area contributed by atoms with Crippen LogP contribution in [-0.4, -0.2) is 25.9 Å². The molecule has 0 saturated carbocycles. The first-order valence-electron chi connectivity index (χ1n) is 8.66. The van der Waals surface area contributed by atoms with Crippen LogP contribution in [-0.2, 0) is 37.3 Å². The van der Waals surface area contributed by atoms with Crippen LogP contribution in [0.25, 0.3) is 21.5 Å². The van der Waals surface area contributed by atoms with E-state index in [0.29, 0.717) is 5.39 Å². The third kappa shape index (κ3) is 4.51. The van der Waals surface area contributed by atoms with Crippen LogP contribution < -0.4 is 5.11 Å². The zero-order chi connectivity index (χ0) is 22.4. The second kappa shape index (κ2) is 8.58. The van der Waals surface area contributed by atoms with Crippen molar-refractivity contribution in [1.82, 2.24) is 0 Å². The van der Waals surface area contributed by atoms with E-state index in [1.165, 1.54) is 24.3 Å². The van der Waals surface area contributed by atoms with Crippen LogP contribution in [0, 0.1) is 0 Å². The summed E-state index contributed by atoms with van der Waals surface area (Å²) >= 11 is 0. The number of benzene rings is 4. The van der Waals surface area contributed by atoms with Gasteiger partial charge in [-0.2, -0.15) is 18.6 Å². The first-order valence-corrected chi connectivity index (χ1v) is 11.5. The van der Waals surface area contributed by atoms with Gasteiger partial charge in [-0.1, -0.05) is 54.3 Å². The minimum atomic E-state index is -5.03. The van der Waals surface area contributed by atoms with Crippen LogP contribution in [0.1, 0.15) is 0 Å². The normalized spacial score (nSPS) is 12.3. The van der Waals surface area contributed by atoms with Crippen LogP contribution in [0.4, 0.5) is 11.4 Å². The van der Waals surface area contributed by atoms with Gasteiger partial charge in [-0.15, -0.1) is 0 Å². The van der Waals surface area contributed by atoms with Crippen molar-refractivity contribution >= 4 is 53.2 Å². The van der Waals surface area contributed by atoms with Crippen molar-refractivity contribution in [2.45, 2.75) is 9.79 Å². The molecule has 0 aromatic heterocycles. The number of azo groups is 1. The summed E-state index contributed by atoms with van der Waals surface area (Å²) in [5.41, 5.74) is -0.0459. The molecule has 0 spiro atoms. The SMILES string of the molecule is O=S(=O)([O-])c1cccc2cc(N=Nc3c([O-])ccc4ccccc34)cc(S(=O)(=O)O)c12.[Mn+2]. The molecule has 4 aromatic rings. The molecule has 32 heavy (non-hydrogen) atoms.